The van der Waals surface area contributed by atoms with Gasteiger partial charge in [-0.1, -0.05) is 0 Å². The number of rotatable bonds is 7. The first-order valence-corrected chi connectivity index (χ1v) is 10.9. The lowest BCUT2D eigenvalue weighted by molar-refractivity contribution is -0.149. The number of nitrogens with zero attached hydrogens (tertiary/aromatic N) is 4. The maximum atomic E-state index is 12.4. The molecule has 1 aromatic heterocycles. The van der Waals surface area contributed by atoms with Crippen LogP contribution in [0.15, 0.2) is 6.20 Å². The zero-order valence-electron chi connectivity index (χ0n) is 17.6. The maximum absolute atomic E-state index is 12.4. The van der Waals surface area contributed by atoms with Crippen molar-refractivity contribution in [3.63, 3.8) is 0 Å². The molecule has 29 heavy (non-hydrogen) atoms. The first-order valence-electron chi connectivity index (χ1n) is 10.9. The predicted molar refractivity (Wildman–Crippen MR) is 108 cm³/mol. The zero-order valence-corrected chi connectivity index (χ0v) is 17.6. The molecule has 3 fully saturated rings. The molecule has 160 valence electrons. The third-order valence-electron chi connectivity index (χ3n) is 6.37. The lowest BCUT2D eigenvalue weighted by atomic mass is 9.95. The van der Waals surface area contributed by atoms with E-state index in [1.165, 1.54) is 32.2 Å². The molecule has 0 spiro atoms. The Morgan fingerprint density at radius 2 is 1.93 bits per heavy atom. The van der Waals surface area contributed by atoms with Crippen LogP contribution in [0.4, 0.5) is 0 Å². The number of carbonyl (C=O) groups is 2. The number of aryl methyl sites for hydroxylation is 2. The molecule has 1 N–H and O–H groups in total. The van der Waals surface area contributed by atoms with Crippen molar-refractivity contribution in [2.24, 2.45) is 18.9 Å². The Balaban J connectivity index is 1.22. The minimum absolute atomic E-state index is 0.0658. The van der Waals surface area contributed by atoms with E-state index >= 15 is 0 Å². The van der Waals surface area contributed by atoms with Crippen molar-refractivity contribution in [1.82, 2.24) is 24.9 Å². The molecule has 2 aliphatic heterocycles. The Morgan fingerprint density at radius 3 is 2.59 bits per heavy atom. The quantitative estimate of drug-likeness (QED) is 0.729. The van der Waals surface area contributed by atoms with E-state index in [0.717, 1.165) is 25.6 Å². The van der Waals surface area contributed by atoms with Crippen LogP contribution in [0.3, 0.4) is 0 Å². The molecule has 0 aromatic carbocycles. The number of ether oxygens (including phenoxy) is 1. The first kappa shape index (κ1) is 20.3. The van der Waals surface area contributed by atoms with Gasteiger partial charge in [0, 0.05) is 39.4 Å². The second-order valence-electron chi connectivity index (χ2n) is 8.93. The van der Waals surface area contributed by atoms with Crippen molar-refractivity contribution in [2.75, 3.05) is 45.9 Å². The Hall–Kier alpha value is -1.93. The van der Waals surface area contributed by atoms with Crippen molar-refractivity contribution in [2.45, 2.75) is 38.7 Å². The lowest BCUT2D eigenvalue weighted by Gasteiger charge is -2.38. The highest BCUT2D eigenvalue weighted by molar-refractivity contribution is 5.95. The number of nitrogens with one attached hydrogen (secondary N) is 1. The Morgan fingerprint density at radius 1 is 1.21 bits per heavy atom. The van der Waals surface area contributed by atoms with Crippen LogP contribution >= 0.6 is 0 Å². The standard InChI is InChI=1S/C21H33N5O3/c1-15-19(13-24(2)23-15)21(28)22-9-18-12-26(20(27)14-29-18)11-17-5-7-25(8-6-17)10-16-3-4-16/h13,16-18H,3-12,14H2,1-2H3,(H,22,28). The molecule has 4 rings (SSSR count). The smallest absolute Gasteiger partial charge is 0.254 e. The van der Waals surface area contributed by atoms with Crippen molar-refractivity contribution < 1.29 is 14.3 Å². The summed E-state index contributed by atoms with van der Waals surface area (Å²) >= 11 is 0. The fourth-order valence-electron chi connectivity index (χ4n) is 4.43. The van der Waals surface area contributed by atoms with Gasteiger partial charge in [0.1, 0.15) is 6.61 Å². The number of hydrogen-bond acceptors (Lipinski definition) is 5. The van der Waals surface area contributed by atoms with Crippen LogP contribution < -0.4 is 5.32 Å². The summed E-state index contributed by atoms with van der Waals surface area (Å²) in [4.78, 5) is 29.3. The van der Waals surface area contributed by atoms with Gasteiger partial charge in [-0.15, -0.1) is 0 Å². The summed E-state index contributed by atoms with van der Waals surface area (Å²) in [6, 6.07) is 0. The van der Waals surface area contributed by atoms with E-state index in [1.54, 1.807) is 17.9 Å². The van der Waals surface area contributed by atoms with E-state index in [2.05, 4.69) is 15.3 Å². The van der Waals surface area contributed by atoms with E-state index in [9.17, 15) is 9.59 Å². The number of amides is 2. The van der Waals surface area contributed by atoms with Gasteiger partial charge in [0.05, 0.1) is 17.4 Å². The van der Waals surface area contributed by atoms with Crippen LogP contribution in [0.2, 0.25) is 0 Å². The van der Waals surface area contributed by atoms with Gasteiger partial charge in [0.15, 0.2) is 0 Å². The van der Waals surface area contributed by atoms with Crippen LogP contribution in [-0.2, 0) is 16.6 Å². The van der Waals surface area contributed by atoms with E-state index < -0.39 is 0 Å². The molecule has 3 heterocycles. The molecule has 1 atom stereocenters. The summed E-state index contributed by atoms with van der Waals surface area (Å²) in [6.07, 6.45) is 6.69. The fourth-order valence-corrected chi connectivity index (χ4v) is 4.43. The van der Waals surface area contributed by atoms with E-state index in [0.29, 0.717) is 30.3 Å². The van der Waals surface area contributed by atoms with Gasteiger partial charge < -0.3 is 19.9 Å². The van der Waals surface area contributed by atoms with Gasteiger partial charge in [0.25, 0.3) is 5.91 Å². The number of carbonyl (C=O) groups excluding carboxylic acids is 2. The van der Waals surface area contributed by atoms with Gasteiger partial charge in [-0.05, 0) is 57.5 Å². The largest absolute Gasteiger partial charge is 0.365 e. The number of piperidine rings is 1. The Bertz CT molecular complexity index is 737. The molecule has 2 saturated heterocycles. The minimum atomic E-state index is -0.163. The van der Waals surface area contributed by atoms with Crippen LogP contribution in [0.25, 0.3) is 0 Å². The molecule has 0 bridgehead atoms. The number of morpholine rings is 1. The van der Waals surface area contributed by atoms with Crippen molar-refractivity contribution in [3.8, 4) is 0 Å². The molecule has 8 heteroatoms. The summed E-state index contributed by atoms with van der Waals surface area (Å²) in [5.41, 5.74) is 1.29. The fraction of sp³-hybridized carbons (Fsp3) is 0.762. The monoisotopic (exact) mass is 403 g/mol. The average Bonchev–Trinajstić information content (AvgIpc) is 3.45. The minimum Gasteiger partial charge on any atom is -0.365 e. The van der Waals surface area contributed by atoms with E-state index in [4.69, 9.17) is 4.74 Å². The Labute approximate surface area is 172 Å². The molecule has 3 aliphatic rings. The number of hydrogen-bond donors (Lipinski definition) is 1. The van der Waals surface area contributed by atoms with Crippen LogP contribution in [-0.4, -0.2) is 83.4 Å². The lowest BCUT2D eigenvalue weighted by Crippen LogP contribution is -2.52. The second kappa shape index (κ2) is 8.83. The second-order valence-corrected chi connectivity index (χ2v) is 8.93. The molecule has 0 radical (unpaired) electrons. The topological polar surface area (TPSA) is 79.7 Å². The van der Waals surface area contributed by atoms with Crippen molar-refractivity contribution >= 4 is 11.8 Å². The average molecular weight is 404 g/mol. The predicted octanol–water partition coefficient (Wildman–Crippen LogP) is 0.808. The molecule has 1 saturated carbocycles. The number of likely N-dealkylation sites (tertiary alicyclic amines) is 1. The van der Waals surface area contributed by atoms with Gasteiger partial charge in [-0.3, -0.25) is 14.3 Å². The first-order chi connectivity index (χ1) is 14.0. The SMILES string of the molecule is Cc1nn(C)cc1C(=O)NCC1CN(CC2CCN(CC3CC3)CC2)C(=O)CO1. The van der Waals surface area contributed by atoms with E-state index in [-0.39, 0.29) is 24.5 Å². The molecular weight excluding hydrogens is 370 g/mol. The van der Waals surface area contributed by atoms with Crippen molar-refractivity contribution in [3.05, 3.63) is 17.5 Å². The molecule has 1 unspecified atom stereocenters. The van der Waals surface area contributed by atoms with E-state index in [1.807, 2.05) is 11.8 Å². The molecule has 1 aliphatic carbocycles. The van der Waals surface area contributed by atoms with Gasteiger partial charge >= 0.3 is 0 Å². The molecular formula is C21H33N5O3. The summed E-state index contributed by atoms with van der Waals surface area (Å²) in [7, 11) is 1.80. The highest BCUT2D eigenvalue weighted by atomic mass is 16.5. The van der Waals surface area contributed by atoms with Crippen LogP contribution in [0.1, 0.15) is 41.7 Å². The molecule has 8 nitrogen and oxygen atoms in total. The molecule has 1 aromatic rings. The normalized spacial score (nSPS) is 24.1. The summed E-state index contributed by atoms with van der Waals surface area (Å²) in [5, 5.41) is 7.14. The summed E-state index contributed by atoms with van der Waals surface area (Å²) in [5.74, 6) is 1.43. The zero-order chi connectivity index (χ0) is 20.4. The van der Waals surface area contributed by atoms with Crippen LogP contribution in [0, 0.1) is 18.8 Å². The maximum Gasteiger partial charge on any atom is 0.254 e. The van der Waals surface area contributed by atoms with Crippen LogP contribution in [0.5, 0.6) is 0 Å². The third-order valence-corrected chi connectivity index (χ3v) is 6.37. The Kier molecular flexibility index (Phi) is 6.20. The third kappa shape index (κ3) is 5.36. The number of aromatic nitrogens is 2. The van der Waals surface area contributed by atoms with Gasteiger partial charge in [-0.2, -0.15) is 5.10 Å². The van der Waals surface area contributed by atoms with Gasteiger partial charge in [-0.25, -0.2) is 0 Å². The molecule has 2 amide bonds. The summed E-state index contributed by atoms with van der Waals surface area (Å²) in [6.45, 7) is 7.26. The van der Waals surface area contributed by atoms with Gasteiger partial charge in [0.2, 0.25) is 5.91 Å². The summed E-state index contributed by atoms with van der Waals surface area (Å²) < 4.78 is 7.30. The highest BCUT2D eigenvalue weighted by Crippen LogP contribution is 2.31. The van der Waals surface area contributed by atoms with Crippen molar-refractivity contribution in [1.29, 1.82) is 0 Å². The highest BCUT2D eigenvalue weighted by Gasteiger charge is 2.31.